The zero-order valence-corrected chi connectivity index (χ0v) is 11.5. The van der Waals surface area contributed by atoms with Crippen molar-refractivity contribution < 1.29 is 0 Å². The van der Waals surface area contributed by atoms with Crippen LogP contribution >= 0.6 is 11.6 Å². The second-order valence-corrected chi connectivity index (χ2v) is 5.63. The Labute approximate surface area is 112 Å². The van der Waals surface area contributed by atoms with Gasteiger partial charge in [-0.25, -0.2) is 4.98 Å². The molecule has 18 heavy (non-hydrogen) atoms. The lowest BCUT2D eigenvalue weighted by molar-refractivity contribution is 0.274. The van der Waals surface area contributed by atoms with E-state index in [2.05, 4.69) is 22.2 Å². The van der Waals surface area contributed by atoms with Crippen molar-refractivity contribution in [1.82, 2.24) is 9.97 Å². The molecule has 1 saturated carbocycles. The second-order valence-electron chi connectivity index (χ2n) is 5.25. The van der Waals surface area contributed by atoms with Crippen LogP contribution in [0.3, 0.4) is 0 Å². The number of rotatable bonds is 4. The summed E-state index contributed by atoms with van der Waals surface area (Å²) in [6.07, 6.45) is 7.84. The molecule has 4 nitrogen and oxygen atoms in total. The highest BCUT2D eigenvalue weighted by Gasteiger charge is 2.18. The molecule has 1 fully saturated rings. The molecule has 0 saturated heterocycles. The summed E-state index contributed by atoms with van der Waals surface area (Å²) >= 11 is 5.87. The first-order valence-corrected chi connectivity index (χ1v) is 7.01. The number of H-pyrrole nitrogens is 1. The van der Waals surface area contributed by atoms with Crippen molar-refractivity contribution in [2.45, 2.75) is 39.0 Å². The third-order valence-corrected chi connectivity index (χ3v) is 4.04. The molecule has 1 aromatic heterocycles. The Morgan fingerprint density at radius 2 is 2.39 bits per heavy atom. The second kappa shape index (κ2) is 6.23. The zero-order valence-electron chi connectivity index (χ0n) is 10.7. The van der Waals surface area contributed by atoms with Gasteiger partial charge in [0.05, 0.1) is 6.33 Å². The van der Waals surface area contributed by atoms with Crippen molar-refractivity contribution in [2.75, 3.05) is 11.9 Å². The Morgan fingerprint density at radius 3 is 3.17 bits per heavy atom. The molecule has 0 aliphatic heterocycles. The molecule has 2 N–H and O–H groups in total. The van der Waals surface area contributed by atoms with E-state index in [-0.39, 0.29) is 10.6 Å². The largest absolute Gasteiger partial charge is 0.369 e. The smallest absolute Gasteiger partial charge is 0.271 e. The molecule has 0 amide bonds. The molecular formula is C13H20ClN3O. The molecule has 0 spiro atoms. The topological polar surface area (TPSA) is 57.8 Å². The highest BCUT2D eigenvalue weighted by molar-refractivity contribution is 6.32. The van der Waals surface area contributed by atoms with Gasteiger partial charge in [0.25, 0.3) is 5.56 Å². The lowest BCUT2D eigenvalue weighted by Gasteiger charge is -2.26. The average molecular weight is 270 g/mol. The van der Waals surface area contributed by atoms with Crippen LogP contribution in [0.1, 0.15) is 39.0 Å². The summed E-state index contributed by atoms with van der Waals surface area (Å²) in [6, 6.07) is 0. The van der Waals surface area contributed by atoms with Gasteiger partial charge in [-0.3, -0.25) is 4.79 Å². The minimum absolute atomic E-state index is 0.148. The summed E-state index contributed by atoms with van der Waals surface area (Å²) in [7, 11) is 0. The van der Waals surface area contributed by atoms with Crippen LogP contribution in [0.25, 0.3) is 0 Å². The van der Waals surface area contributed by atoms with E-state index in [0.717, 1.165) is 24.8 Å². The van der Waals surface area contributed by atoms with Crippen molar-refractivity contribution >= 4 is 17.4 Å². The van der Waals surface area contributed by atoms with Gasteiger partial charge in [-0.1, -0.05) is 37.8 Å². The van der Waals surface area contributed by atoms with Crippen LogP contribution in [-0.4, -0.2) is 16.5 Å². The van der Waals surface area contributed by atoms with E-state index in [1.807, 2.05) is 0 Å². The highest BCUT2D eigenvalue weighted by Crippen LogP contribution is 2.30. The van der Waals surface area contributed by atoms with Crippen molar-refractivity contribution in [2.24, 2.45) is 11.8 Å². The number of aromatic amines is 1. The molecule has 0 aromatic carbocycles. The summed E-state index contributed by atoms with van der Waals surface area (Å²) in [5, 5.41) is 3.30. The monoisotopic (exact) mass is 269 g/mol. The van der Waals surface area contributed by atoms with Crippen LogP contribution in [0, 0.1) is 11.8 Å². The van der Waals surface area contributed by atoms with E-state index >= 15 is 0 Å². The maximum Gasteiger partial charge on any atom is 0.271 e. The number of aromatic nitrogens is 2. The van der Waals surface area contributed by atoms with Crippen molar-refractivity contribution in [1.29, 1.82) is 0 Å². The fraction of sp³-hybridized carbons (Fsp3) is 0.692. The molecule has 1 aliphatic rings. The van der Waals surface area contributed by atoms with Gasteiger partial charge in [0.15, 0.2) is 5.82 Å². The fourth-order valence-corrected chi connectivity index (χ4v) is 2.89. The molecule has 0 bridgehead atoms. The number of nitrogens with one attached hydrogen (secondary N) is 2. The van der Waals surface area contributed by atoms with E-state index in [9.17, 15) is 4.79 Å². The molecule has 1 aliphatic carbocycles. The molecule has 0 radical (unpaired) electrons. The number of hydrogen-bond acceptors (Lipinski definition) is 3. The van der Waals surface area contributed by atoms with Gasteiger partial charge >= 0.3 is 0 Å². The number of nitrogens with zero attached hydrogens (tertiary/aromatic N) is 1. The molecular weight excluding hydrogens is 250 g/mol. The molecule has 2 atom stereocenters. The first-order valence-electron chi connectivity index (χ1n) is 6.64. The molecule has 100 valence electrons. The number of anilines is 1. The Bertz CT molecular complexity index is 446. The summed E-state index contributed by atoms with van der Waals surface area (Å²) in [6.45, 7) is 3.16. The van der Waals surface area contributed by atoms with Crippen LogP contribution in [0.4, 0.5) is 5.82 Å². The Hall–Kier alpha value is -1.03. The predicted octanol–water partition coefficient (Wildman–Crippen LogP) is 3.05. The summed E-state index contributed by atoms with van der Waals surface area (Å²) in [5.74, 6) is 2.14. The summed E-state index contributed by atoms with van der Waals surface area (Å²) in [4.78, 5) is 17.8. The van der Waals surface area contributed by atoms with Crippen molar-refractivity contribution in [3.8, 4) is 0 Å². The van der Waals surface area contributed by atoms with Gasteiger partial charge in [0, 0.05) is 6.54 Å². The Kier molecular flexibility index (Phi) is 4.64. The van der Waals surface area contributed by atoms with Crippen LogP contribution < -0.4 is 10.9 Å². The maximum atomic E-state index is 11.3. The minimum atomic E-state index is -0.291. The van der Waals surface area contributed by atoms with Crippen LogP contribution in [0.2, 0.25) is 5.02 Å². The quantitative estimate of drug-likeness (QED) is 0.883. The zero-order chi connectivity index (χ0) is 13.0. The Balaban J connectivity index is 1.81. The first-order chi connectivity index (χ1) is 8.66. The molecule has 1 heterocycles. The number of halogens is 1. The van der Waals surface area contributed by atoms with Crippen LogP contribution in [-0.2, 0) is 0 Å². The van der Waals surface area contributed by atoms with E-state index in [1.54, 1.807) is 0 Å². The van der Waals surface area contributed by atoms with E-state index < -0.39 is 0 Å². The lowest BCUT2D eigenvalue weighted by Crippen LogP contribution is -2.18. The molecule has 1 aromatic rings. The van der Waals surface area contributed by atoms with Gasteiger partial charge in [-0.05, 0) is 24.7 Å². The first kappa shape index (κ1) is 13.4. The molecule has 2 unspecified atom stereocenters. The highest BCUT2D eigenvalue weighted by atomic mass is 35.5. The standard InChI is InChI=1S/C13H20ClN3O/c1-9-3-2-4-10(7-9)5-6-15-12-11(14)13(18)17-8-16-12/h8-10H,2-7H2,1H3,(H2,15,16,17,18). The van der Waals surface area contributed by atoms with Crippen LogP contribution in [0.5, 0.6) is 0 Å². The van der Waals surface area contributed by atoms with E-state index in [1.165, 1.54) is 32.0 Å². The summed E-state index contributed by atoms with van der Waals surface area (Å²) < 4.78 is 0. The maximum absolute atomic E-state index is 11.3. The van der Waals surface area contributed by atoms with Crippen molar-refractivity contribution in [3.63, 3.8) is 0 Å². The van der Waals surface area contributed by atoms with Crippen LogP contribution in [0.15, 0.2) is 11.1 Å². The third kappa shape index (κ3) is 3.48. The molecule has 5 heteroatoms. The predicted molar refractivity (Wildman–Crippen MR) is 74.1 cm³/mol. The van der Waals surface area contributed by atoms with Gasteiger partial charge in [0.2, 0.25) is 0 Å². The van der Waals surface area contributed by atoms with Gasteiger partial charge in [-0.15, -0.1) is 0 Å². The normalized spacial score (nSPS) is 23.9. The van der Waals surface area contributed by atoms with E-state index in [4.69, 9.17) is 11.6 Å². The van der Waals surface area contributed by atoms with Gasteiger partial charge < -0.3 is 10.3 Å². The Morgan fingerprint density at radius 1 is 1.56 bits per heavy atom. The van der Waals surface area contributed by atoms with Gasteiger partial charge in [0.1, 0.15) is 5.02 Å². The van der Waals surface area contributed by atoms with Gasteiger partial charge in [-0.2, -0.15) is 0 Å². The van der Waals surface area contributed by atoms with E-state index in [0.29, 0.717) is 5.82 Å². The summed E-state index contributed by atoms with van der Waals surface area (Å²) in [5.41, 5.74) is -0.291. The average Bonchev–Trinajstić information content (AvgIpc) is 2.35. The van der Waals surface area contributed by atoms with Crippen molar-refractivity contribution in [3.05, 3.63) is 21.7 Å². The SMILES string of the molecule is CC1CCCC(CCNc2nc[nH]c(=O)c2Cl)C1. The third-order valence-electron chi connectivity index (χ3n) is 3.69. The number of hydrogen-bond donors (Lipinski definition) is 2. The minimum Gasteiger partial charge on any atom is -0.369 e. The molecule has 2 rings (SSSR count). The lowest BCUT2D eigenvalue weighted by atomic mass is 9.81. The fourth-order valence-electron chi connectivity index (χ4n) is 2.72.